The molecule has 9 heteroatoms. The highest BCUT2D eigenvalue weighted by Gasteiger charge is 2.17. The molecule has 0 unspecified atom stereocenters. The predicted molar refractivity (Wildman–Crippen MR) is 67.3 cm³/mol. The lowest BCUT2D eigenvalue weighted by Gasteiger charge is -2.14. The van der Waals surface area contributed by atoms with Crippen LogP contribution in [-0.4, -0.2) is 32.7 Å². The Bertz CT molecular complexity index is 705. The minimum Gasteiger partial charge on any atom is -0.328 e. The van der Waals surface area contributed by atoms with Crippen LogP contribution in [0.1, 0.15) is 24.5 Å². The number of aryl methyl sites for hydroxylation is 1. The summed E-state index contributed by atoms with van der Waals surface area (Å²) >= 11 is 0. The van der Waals surface area contributed by atoms with Gasteiger partial charge in [0.1, 0.15) is 5.82 Å². The summed E-state index contributed by atoms with van der Waals surface area (Å²) in [5.74, 6) is 1.80. The van der Waals surface area contributed by atoms with E-state index in [2.05, 4.69) is 19.7 Å². The third-order valence-electron chi connectivity index (χ3n) is 3.12. The number of rotatable bonds is 3. The number of nitrogens with zero attached hydrogens (tertiary/aromatic N) is 5. The highest BCUT2D eigenvalue weighted by atomic mass is 35.7. The lowest BCUT2D eigenvalue weighted by Crippen LogP contribution is -2.14. The first-order valence-corrected chi connectivity index (χ1v) is 8.22. The summed E-state index contributed by atoms with van der Waals surface area (Å²) in [6, 6.07) is 0. The maximum Gasteiger partial charge on any atom is 0.280 e. The molecule has 0 spiro atoms. The van der Waals surface area contributed by atoms with Gasteiger partial charge in [-0.25, -0.2) is 13.4 Å². The second kappa shape index (κ2) is 4.61. The Labute approximate surface area is 114 Å². The van der Waals surface area contributed by atoms with Gasteiger partial charge >= 0.3 is 0 Å². The molecule has 0 radical (unpaired) electrons. The summed E-state index contributed by atoms with van der Waals surface area (Å²) in [6.45, 7) is 1.35. The molecule has 1 aliphatic rings. The Morgan fingerprint density at radius 2 is 2.16 bits per heavy atom. The number of hydrogen-bond donors (Lipinski definition) is 0. The van der Waals surface area contributed by atoms with Gasteiger partial charge < -0.3 is 9.13 Å². The van der Waals surface area contributed by atoms with Crippen molar-refractivity contribution in [2.45, 2.75) is 37.4 Å². The van der Waals surface area contributed by atoms with Crippen LogP contribution >= 0.6 is 10.7 Å². The Kier molecular flexibility index (Phi) is 3.06. The second-order valence-electron chi connectivity index (χ2n) is 4.46. The molecule has 0 atom stereocenters. The lowest BCUT2D eigenvalue weighted by atomic mass is 10.2. The van der Waals surface area contributed by atoms with Gasteiger partial charge in [-0.15, -0.1) is 10.2 Å². The molecule has 0 amide bonds. The second-order valence-corrected chi connectivity index (χ2v) is 6.98. The number of halogens is 1. The Hall–Kier alpha value is -1.41. The van der Waals surface area contributed by atoms with Crippen molar-refractivity contribution in [2.24, 2.45) is 0 Å². The molecule has 3 rings (SSSR count). The molecule has 3 heterocycles. The van der Waals surface area contributed by atoms with Crippen LogP contribution < -0.4 is 0 Å². The van der Waals surface area contributed by atoms with Gasteiger partial charge in [-0.05, 0) is 12.8 Å². The molecule has 2 aromatic heterocycles. The van der Waals surface area contributed by atoms with Gasteiger partial charge in [-0.1, -0.05) is 0 Å². The van der Waals surface area contributed by atoms with E-state index in [1.54, 1.807) is 4.57 Å². The van der Waals surface area contributed by atoms with Crippen LogP contribution in [0.2, 0.25) is 0 Å². The predicted octanol–water partition coefficient (Wildman–Crippen LogP) is 0.787. The summed E-state index contributed by atoms with van der Waals surface area (Å²) in [6.07, 6.45) is 6.02. The maximum absolute atomic E-state index is 11.1. The van der Waals surface area contributed by atoms with Crippen molar-refractivity contribution in [3.8, 4) is 0 Å². The number of imidazole rings is 1. The van der Waals surface area contributed by atoms with Gasteiger partial charge in [0.05, 0.1) is 12.9 Å². The molecule has 0 aromatic carbocycles. The van der Waals surface area contributed by atoms with Crippen LogP contribution in [0.3, 0.4) is 0 Å². The summed E-state index contributed by atoms with van der Waals surface area (Å²) in [5, 5.41) is 8.14. The van der Waals surface area contributed by atoms with Crippen molar-refractivity contribution in [1.82, 2.24) is 24.3 Å². The Balaban J connectivity index is 1.86. The minimum absolute atomic E-state index is 0.146. The minimum atomic E-state index is -3.78. The van der Waals surface area contributed by atoms with Gasteiger partial charge in [-0.3, -0.25) is 0 Å². The molecule has 0 fully saturated rings. The molecule has 1 aliphatic heterocycles. The van der Waals surface area contributed by atoms with Gasteiger partial charge in [0.15, 0.2) is 10.9 Å². The fourth-order valence-corrected chi connectivity index (χ4v) is 2.87. The quantitative estimate of drug-likeness (QED) is 0.783. The third kappa shape index (κ3) is 2.50. The van der Waals surface area contributed by atoms with Crippen molar-refractivity contribution in [3.63, 3.8) is 0 Å². The van der Waals surface area contributed by atoms with E-state index in [9.17, 15) is 8.42 Å². The standard InChI is InChI=1S/C10H12ClN5O2S/c11-19(17,18)10-6-15(7-12-10)5-9-14-13-8-3-1-2-4-16(8)9/h6-7H,1-5H2. The number of hydrogen-bond acceptors (Lipinski definition) is 5. The molecule has 0 aliphatic carbocycles. The first-order valence-electron chi connectivity index (χ1n) is 5.91. The normalized spacial score (nSPS) is 15.4. The number of aromatic nitrogens is 5. The fourth-order valence-electron chi connectivity index (χ4n) is 2.20. The van der Waals surface area contributed by atoms with Crippen molar-refractivity contribution in [1.29, 1.82) is 0 Å². The van der Waals surface area contributed by atoms with Crippen LogP contribution in [0.5, 0.6) is 0 Å². The first kappa shape index (κ1) is 12.6. The molecule has 0 bridgehead atoms. The topological polar surface area (TPSA) is 82.7 Å². The lowest BCUT2D eigenvalue weighted by molar-refractivity contribution is 0.501. The third-order valence-corrected chi connectivity index (χ3v) is 4.30. The molecule has 19 heavy (non-hydrogen) atoms. The summed E-state index contributed by atoms with van der Waals surface area (Å²) in [4.78, 5) is 3.77. The zero-order chi connectivity index (χ0) is 13.5. The van der Waals surface area contributed by atoms with Crippen molar-refractivity contribution < 1.29 is 8.42 Å². The van der Waals surface area contributed by atoms with E-state index in [0.29, 0.717) is 6.54 Å². The highest BCUT2D eigenvalue weighted by molar-refractivity contribution is 8.13. The number of fused-ring (bicyclic) bond motifs is 1. The molecule has 2 aromatic rings. The molecule has 0 saturated heterocycles. The van der Waals surface area contributed by atoms with Crippen LogP contribution in [-0.2, 0) is 28.6 Å². The van der Waals surface area contributed by atoms with E-state index in [4.69, 9.17) is 10.7 Å². The molecule has 7 nitrogen and oxygen atoms in total. The largest absolute Gasteiger partial charge is 0.328 e. The summed E-state index contributed by atoms with van der Waals surface area (Å²) in [7, 11) is 1.45. The van der Waals surface area contributed by atoms with Crippen LogP contribution in [0.4, 0.5) is 0 Å². The van der Waals surface area contributed by atoms with E-state index in [1.165, 1.54) is 12.5 Å². The molecule has 0 saturated carbocycles. The van der Waals surface area contributed by atoms with Gasteiger partial charge in [0, 0.05) is 29.8 Å². The van der Waals surface area contributed by atoms with Gasteiger partial charge in [-0.2, -0.15) is 0 Å². The smallest absolute Gasteiger partial charge is 0.280 e. The SMILES string of the molecule is O=S(=O)(Cl)c1cn(Cc2nnc3n2CCCC3)cn1. The fraction of sp³-hybridized carbons (Fsp3) is 0.500. The monoisotopic (exact) mass is 301 g/mol. The molecular formula is C10H12ClN5O2S. The van der Waals surface area contributed by atoms with Crippen molar-refractivity contribution >= 4 is 19.7 Å². The van der Waals surface area contributed by atoms with E-state index in [1.807, 2.05) is 0 Å². The van der Waals surface area contributed by atoms with E-state index in [0.717, 1.165) is 37.5 Å². The zero-order valence-electron chi connectivity index (χ0n) is 10.0. The Morgan fingerprint density at radius 3 is 2.89 bits per heavy atom. The van der Waals surface area contributed by atoms with E-state index >= 15 is 0 Å². The van der Waals surface area contributed by atoms with Crippen LogP contribution in [0.25, 0.3) is 0 Å². The highest BCUT2D eigenvalue weighted by Crippen LogP contribution is 2.16. The van der Waals surface area contributed by atoms with Crippen molar-refractivity contribution in [2.75, 3.05) is 0 Å². The summed E-state index contributed by atoms with van der Waals surface area (Å²) < 4.78 is 26.0. The van der Waals surface area contributed by atoms with Crippen LogP contribution in [0, 0.1) is 0 Å². The van der Waals surface area contributed by atoms with Crippen molar-refractivity contribution in [3.05, 3.63) is 24.2 Å². The molecule has 102 valence electrons. The van der Waals surface area contributed by atoms with E-state index < -0.39 is 9.05 Å². The average molecular weight is 302 g/mol. The molecule has 0 N–H and O–H groups in total. The first-order chi connectivity index (χ1) is 9.04. The molecular weight excluding hydrogens is 290 g/mol. The summed E-state index contributed by atoms with van der Waals surface area (Å²) in [5.41, 5.74) is 0. The zero-order valence-corrected chi connectivity index (χ0v) is 11.6. The van der Waals surface area contributed by atoms with E-state index in [-0.39, 0.29) is 5.03 Å². The average Bonchev–Trinajstić information content (AvgIpc) is 2.97. The van der Waals surface area contributed by atoms with Gasteiger partial charge in [0.25, 0.3) is 9.05 Å². The maximum atomic E-state index is 11.1. The van der Waals surface area contributed by atoms with Gasteiger partial charge in [0.2, 0.25) is 0 Å². The Morgan fingerprint density at radius 1 is 1.32 bits per heavy atom. The van der Waals surface area contributed by atoms with Crippen LogP contribution in [0.15, 0.2) is 17.6 Å².